The van der Waals surface area contributed by atoms with E-state index < -0.39 is 0 Å². The van der Waals surface area contributed by atoms with E-state index in [-0.39, 0.29) is 51.4 Å². The van der Waals surface area contributed by atoms with Crippen LogP contribution in [0.25, 0.3) is 0 Å². The van der Waals surface area contributed by atoms with Gasteiger partial charge in [-0.1, -0.05) is 0 Å². The maximum absolute atomic E-state index is 5.67. The van der Waals surface area contributed by atoms with E-state index >= 15 is 0 Å². The van der Waals surface area contributed by atoms with E-state index in [1.807, 2.05) is 14.1 Å². The zero-order valence-electron chi connectivity index (χ0n) is 8.00. The topological polar surface area (TPSA) is 93.1 Å². The normalized spacial score (nSPS) is 8.85. The van der Waals surface area contributed by atoms with Crippen LogP contribution in [0, 0.1) is 6.33 Å². The smallest absolute Gasteiger partial charge is 0.413 e. The fourth-order valence-corrected chi connectivity index (χ4v) is 0.800. The average molecular weight is 206 g/mol. The van der Waals surface area contributed by atoms with E-state index in [9.17, 15) is 0 Å². The Morgan fingerprint density at radius 1 is 1.38 bits per heavy atom. The quantitative estimate of drug-likeness (QED) is 0.199. The summed E-state index contributed by atoms with van der Waals surface area (Å²) in [6, 6.07) is 0. The van der Waals surface area contributed by atoms with Crippen molar-refractivity contribution in [2.75, 3.05) is 30.2 Å². The summed E-state index contributed by atoms with van der Waals surface area (Å²) >= 11 is 0. The van der Waals surface area contributed by atoms with E-state index in [1.54, 1.807) is 4.90 Å². The molecule has 0 aliphatic carbocycles. The first-order valence-electron chi connectivity index (χ1n) is 3.34. The van der Waals surface area contributed by atoms with Gasteiger partial charge in [0.15, 0.2) is 0 Å². The zero-order valence-corrected chi connectivity index (χ0v) is 11.1. The van der Waals surface area contributed by atoms with Crippen LogP contribution in [0.4, 0.5) is 17.3 Å². The Kier molecular flexibility index (Phi) is 5.77. The number of anilines is 3. The van der Waals surface area contributed by atoms with Gasteiger partial charge >= 0.3 is 51.4 Å². The van der Waals surface area contributed by atoms with Crippen LogP contribution >= 0.6 is 0 Å². The van der Waals surface area contributed by atoms with Crippen LogP contribution < -0.4 is 73.3 Å². The largest absolute Gasteiger partial charge is 1.00 e. The van der Waals surface area contributed by atoms with Crippen LogP contribution in [-0.4, -0.2) is 24.1 Å². The van der Waals surface area contributed by atoms with Gasteiger partial charge < -0.3 is 26.0 Å². The van der Waals surface area contributed by atoms with Crippen molar-refractivity contribution in [2.45, 2.75) is 0 Å². The minimum absolute atomic E-state index is 0. The number of nitrogen functional groups attached to an aromatic ring is 2. The Labute approximate surface area is 119 Å². The summed E-state index contributed by atoms with van der Waals surface area (Å²) in [5.41, 5.74) is 8.44. The second-order valence-corrected chi connectivity index (χ2v) is 2.45. The van der Waals surface area contributed by atoms with Crippen LogP contribution in [0.1, 0.15) is 0 Å². The zero-order chi connectivity index (χ0) is 9.14. The minimum Gasteiger partial charge on any atom is -0.413 e. The van der Waals surface area contributed by atoms with Crippen molar-refractivity contribution >= 4 is 17.3 Å². The molecule has 1 rings (SSSR count). The Hall–Kier alpha value is 0.0764. The maximum Gasteiger partial charge on any atom is 1.00 e. The monoisotopic (exact) mass is 206 g/mol. The molecule has 0 saturated heterocycles. The number of hydrazine groups is 1. The Morgan fingerprint density at radius 2 is 2.00 bits per heavy atom. The number of nitrogens with two attached hydrogens (primary N) is 2. The SMILES string of the molecule is CN(C)c1n[c-]nc(NN)c1N.[K+]. The van der Waals surface area contributed by atoms with E-state index in [2.05, 4.69) is 21.7 Å². The molecule has 0 fully saturated rings. The van der Waals surface area contributed by atoms with Gasteiger partial charge in [-0.2, -0.15) is 0 Å². The minimum atomic E-state index is 0. The van der Waals surface area contributed by atoms with Crippen LogP contribution in [0.2, 0.25) is 0 Å². The average Bonchev–Trinajstić information content (AvgIpc) is 2.04. The van der Waals surface area contributed by atoms with Crippen molar-refractivity contribution in [2.24, 2.45) is 5.84 Å². The van der Waals surface area contributed by atoms with Crippen molar-refractivity contribution in [1.29, 1.82) is 0 Å². The van der Waals surface area contributed by atoms with Crippen molar-refractivity contribution in [3.8, 4) is 0 Å². The van der Waals surface area contributed by atoms with Crippen molar-refractivity contribution < 1.29 is 51.4 Å². The van der Waals surface area contributed by atoms with Gasteiger partial charge in [0.2, 0.25) is 0 Å². The van der Waals surface area contributed by atoms with Crippen molar-refractivity contribution in [3.05, 3.63) is 6.33 Å². The fourth-order valence-electron chi connectivity index (χ4n) is 0.800. The van der Waals surface area contributed by atoms with E-state index in [0.29, 0.717) is 17.3 Å². The molecule has 6 nitrogen and oxygen atoms in total. The standard InChI is InChI=1S/C6H11N6.K/c1-12(2)6-4(7)5(11-8)9-3-10-6;/h7-8H2,1-2H3,(H,9,10,11);/q-1;+1. The molecule has 0 atom stereocenters. The Morgan fingerprint density at radius 3 is 2.46 bits per heavy atom. The van der Waals surface area contributed by atoms with Crippen molar-refractivity contribution in [3.63, 3.8) is 0 Å². The molecular formula is C6H11KN6. The molecule has 0 amide bonds. The molecule has 0 spiro atoms. The summed E-state index contributed by atoms with van der Waals surface area (Å²) in [7, 11) is 3.65. The van der Waals surface area contributed by atoms with Gasteiger partial charge in [0, 0.05) is 17.8 Å². The molecule has 0 aliphatic heterocycles. The molecule has 7 heteroatoms. The molecule has 0 saturated carbocycles. The summed E-state index contributed by atoms with van der Waals surface area (Å²) in [5, 5.41) is 0. The van der Waals surface area contributed by atoms with Crippen LogP contribution in [0.15, 0.2) is 0 Å². The second-order valence-electron chi connectivity index (χ2n) is 2.45. The molecular weight excluding hydrogens is 195 g/mol. The molecule has 0 radical (unpaired) electrons. The summed E-state index contributed by atoms with van der Waals surface area (Å²) in [4.78, 5) is 9.33. The maximum atomic E-state index is 5.67. The first kappa shape index (κ1) is 13.1. The molecule has 0 bridgehead atoms. The molecule has 0 aromatic carbocycles. The van der Waals surface area contributed by atoms with Crippen LogP contribution in [-0.2, 0) is 0 Å². The van der Waals surface area contributed by atoms with Gasteiger partial charge in [0.1, 0.15) is 0 Å². The van der Waals surface area contributed by atoms with Crippen molar-refractivity contribution in [1.82, 2.24) is 9.97 Å². The number of hydrogen-bond acceptors (Lipinski definition) is 6. The molecule has 66 valence electrons. The summed E-state index contributed by atoms with van der Waals surface area (Å²) in [6.07, 6.45) is 2.44. The Bertz CT molecular complexity index is 276. The van der Waals surface area contributed by atoms with Crippen LogP contribution in [0.3, 0.4) is 0 Å². The summed E-state index contributed by atoms with van der Waals surface area (Å²) in [6.45, 7) is 0. The third-order valence-corrected chi connectivity index (χ3v) is 1.37. The molecule has 0 unspecified atom stereocenters. The van der Waals surface area contributed by atoms with Crippen LogP contribution in [0.5, 0.6) is 0 Å². The number of rotatable bonds is 2. The van der Waals surface area contributed by atoms with Gasteiger partial charge in [-0.3, -0.25) is 5.84 Å². The predicted octanol–water partition coefficient (Wildman–Crippen LogP) is -3.79. The Balaban J connectivity index is 0.00000144. The van der Waals surface area contributed by atoms with Gasteiger partial charge in [-0.15, -0.1) is 0 Å². The molecule has 1 aromatic rings. The predicted molar refractivity (Wildman–Crippen MR) is 47.4 cm³/mol. The summed E-state index contributed by atoms with van der Waals surface area (Å²) in [5.74, 6) is 6.14. The van der Waals surface area contributed by atoms with Gasteiger partial charge in [-0.05, 0) is 14.1 Å². The summed E-state index contributed by atoms with van der Waals surface area (Å²) < 4.78 is 0. The van der Waals surface area contributed by atoms with Gasteiger partial charge in [0.25, 0.3) is 0 Å². The number of nitrogens with one attached hydrogen (secondary N) is 1. The third kappa shape index (κ3) is 3.04. The molecule has 1 heterocycles. The van der Waals surface area contributed by atoms with E-state index in [4.69, 9.17) is 11.6 Å². The van der Waals surface area contributed by atoms with E-state index in [0.717, 1.165) is 0 Å². The first-order chi connectivity index (χ1) is 5.66. The number of aromatic nitrogens is 2. The molecule has 13 heavy (non-hydrogen) atoms. The number of hydrogen-bond donors (Lipinski definition) is 3. The molecule has 0 aliphatic rings. The second kappa shape index (κ2) is 5.73. The molecule has 1 aromatic heterocycles. The first-order valence-corrected chi connectivity index (χ1v) is 3.34. The van der Waals surface area contributed by atoms with E-state index in [1.165, 1.54) is 0 Å². The molecule has 5 N–H and O–H groups in total. The van der Waals surface area contributed by atoms with Gasteiger partial charge in [0.05, 0.1) is 5.82 Å². The van der Waals surface area contributed by atoms with Gasteiger partial charge in [-0.25, -0.2) is 0 Å². The number of nitrogens with zero attached hydrogens (tertiary/aromatic N) is 3. The third-order valence-electron chi connectivity index (χ3n) is 1.37. The fraction of sp³-hybridized carbons (Fsp3) is 0.333.